The Hall–Kier alpha value is -3.20. The molecule has 0 radical (unpaired) electrons. The lowest BCUT2D eigenvalue weighted by Crippen LogP contribution is -2.62. The van der Waals surface area contributed by atoms with E-state index in [2.05, 4.69) is 24.9 Å². The molecule has 0 aromatic heterocycles. The van der Waals surface area contributed by atoms with Crippen LogP contribution in [0, 0.1) is 40.3 Å². The molecule has 5 aliphatic rings. The highest BCUT2D eigenvalue weighted by Crippen LogP contribution is 2.67. The molecule has 4 saturated carbocycles. The molecule has 2 aromatic rings. The Bertz CT molecular complexity index is 1560. The Kier molecular flexibility index (Phi) is 9.09. The number of hydrogen-bond donors (Lipinski definition) is 4. The van der Waals surface area contributed by atoms with Crippen LogP contribution in [0.15, 0.2) is 49.0 Å². The first-order valence-corrected chi connectivity index (χ1v) is 17.2. The van der Waals surface area contributed by atoms with Gasteiger partial charge >= 0.3 is 0 Å². The van der Waals surface area contributed by atoms with Crippen LogP contribution in [0.5, 0.6) is 0 Å². The third-order valence-corrected chi connectivity index (χ3v) is 13.0. The molecule has 7 nitrogen and oxygen atoms in total. The number of ketones is 2. The van der Waals surface area contributed by atoms with Crippen molar-refractivity contribution >= 4 is 23.5 Å². The lowest BCUT2D eigenvalue weighted by molar-refractivity contribution is -0.180. The lowest BCUT2D eigenvalue weighted by Gasteiger charge is -2.60. The molecule has 0 bridgehead atoms. The van der Waals surface area contributed by atoms with Crippen molar-refractivity contribution < 1.29 is 34.1 Å². The topological polar surface area (TPSA) is 124 Å². The maximum Gasteiger partial charge on any atom is 0.251 e. The third kappa shape index (κ3) is 5.70. The van der Waals surface area contributed by atoms with E-state index in [0.29, 0.717) is 17.9 Å². The average molecular weight is 646 g/mol. The van der Waals surface area contributed by atoms with E-state index in [4.69, 9.17) is 0 Å². The average Bonchev–Trinajstić information content (AvgIpc) is 3.58. The SMILES string of the molecule is C=Cc1cccc2c1CC(NC(=O)c1ccc(F)cc1)C2.C[C@]12CC[C@@H](O)C[C@H]1CC[C@@H]1[C@@H]2C(=O)C[C@@]2(C)[C@H]1CC[C@]2(O)C(=O)CO. The van der Waals surface area contributed by atoms with E-state index in [9.17, 15) is 34.1 Å². The summed E-state index contributed by atoms with van der Waals surface area (Å²) in [7, 11) is 0. The number of carbonyl (C=O) groups excluding carboxylic acids is 3. The minimum atomic E-state index is -1.58. The summed E-state index contributed by atoms with van der Waals surface area (Å²) in [6.07, 6.45) is 8.96. The first-order chi connectivity index (χ1) is 22.3. The van der Waals surface area contributed by atoms with Crippen molar-refractivity contribution in [1.29, 1.82) is 0 Å². The first kappa shape index (κ1) is 33.7. The summed E-state index contributed by atoms with van der Waals surface area (Å²) in [5, 5.41) is 33.6. The molecule has 9 atom stereocenters. The van der Waals surface area contributed by atoms with Gasteiger partial charge in [-0.05, 0) is 122 Å². The largest absolute Gasteiger partial charge is 0.393 e. The molecule has 0 spiro atoms. The normalized spacial score (nSPS) is 36.9. The molecule has 7 rings (SSSR count). The molecule has 1 amide bonds. The summed E-state index contributed by atoms with van der Waals surface area (Å²) in [4.78, 5) is 37.9. The summed E-state index contributed by atoms with van der Waals surface area (Å²) < 4.78 is 12.9. The van der Waals surface area contributed by atoms with E-state index in [0.717, 1.165) is 56.9 Å². The Morgan fingerprint density at radius 1 is 1.04 bits per heavy atom. The number of fused-ring (bicyclic) bond motifs is 6. The Balaban J connectivity index is 0.000000168. The Morgan fingerprint density at radius 3 is 2.49 bits per heavy atom. The number of aliphatic hydroxyl groups is 3. The van der Waals surface area contributed by atoms with Gasteiger partial charge in [0, 0.05) is 29.4 Å². The predicted molar refractivity (Wildman–Crippen MR) is 177 cm³/mol. The number of aliphatic hydroxyl groups excluding tert-OH is 2. The number of carbonyl (C=O) groups is 3. The number of Topliss-reactive ketones (excluding diaryl/α,β-unsaturated/α-hetero) is 2. The van der Waals surface area contributed by atoms with Gasteiger partial charge in [-0.2, -0.15) is 0 Å². The van der Waals surface area contributed by atoms with E-state index < -0.39 is 23.4 Å². The number of amides is 1. The summed E-state index contributed by atoms with van der Waals surface area (Å²) >= 11 is 0. The zero-order valence-corrected chi connectivity index (χ0v) is 27.5. The highest BCUT2D eigenvalue weighted by Gasteiger charge is 2.68. The second kappa shape index (κ2) is 12.7. The van der Waals surface area contributed by atoms with Crippen LogP contribution in [0.3, 0.4) is 0 Å². The van der Waals surface area contributed by atoms with Crippen molar-refractivity contribution in [3.63, 3.8) is 0 Å². The summed E-state index contributed by atoms with van der Waals surface area (Å²) in [6.45, 7) is 7.29. The second-order valence-corrected chi connectivity index (χ2v) is 15.3. The number of halogens is 1. The summed E-state index contributed by atoms with van der Waals surface area (Å²) in [5.74, 6) is -0.117. The monoisotopic (exact) mass is 645 g/mol. The van der Waals surface area contributed by atoms with Crippen LogP contribution in [0.4, 0.5) is 4.39 Å². The van der Waals surface area contributed by atoms with Crippen molar-refractivity contribution in [2.75, 3.05) is 6.61 Å². The van der Waals surface area contributed by atoms with Crippen molar-refractivity contribution in [1.82, 2.24) is 5.32 Å². The van der Waals surface area contributed by atoms with E-state index in [1.165, 1.54) is 35.4 Å². The Morgan fingerprint density at radius 2 is 1.79 bits per heavy atom. The maximum atomic E-state index is 13.4. The fourth-order valence-corrected chi connectivity index (χ4v) is 10.5. The Labute approximate surface area is 276 Å². The van der Waals surface area contributed by atoms with Gasteiger partial charge in [0.1, 0.15) is 23.8 Å². The standard InChI is InChI=1S/C21H32O5.C18H16FNO/c1-19-7-5-13(23)9-12(19)3-4-14-15-6-8-21(26,17(25)11-22)20(15,2)10-16(24)18(14)19;1-2-12-4-3-5-14-10-16(11-17(12)14)20-18(21)13-6-8-15(19)9-7-13/h12-15,18,22-23,26H,3-11H2,1-2H3;2-9,16H,1,10-11H2,(H,20,21)/t12-,13-,14+,15+,18-,19+,20+,21+;/m1./s1. The van der Waals surface area contributed by atoms with Gasteiger partial charge in [-0.25, -0.2) is 4.39 Å². The minimum Gasteiger partial charge on any atom is -0.393 e. The molecule has 8 heteroatoms. The van der Waals surface area contributed by atoms with Gasteiger partial charge in [0.05, 0.1) is 6.10 Å². The molecule has 47 heavy (non-hydrogen) atoms. The highest BCUT2D eigenvalue weighted by atomic mass is 19.1. The van der Waals surface area contributed by atoms with Gasteiger partial charge in [-0.1, -0.05) is 44.7 Å². The maximum absolute atomic E-state index is 13.4. The fourth-order valence-electron chi connectivity index (χ4n) is 10.5. The molecular formula is C39H48FNO6. The second-order valence-electron chi connectivity index (χ2n) is 15.3. The summed E-state index contributed by atoms with van der Waals surface area (Å²) in [5.41, 5.74) is 1.73. The van der Waals surface area contributed by atoms with Gasteiger partial charge < -0.3 is 20.6 Å². The van der Waals surface area contributed by atoms with E-state index >= 15 is 0 Å². The highest BCUT2D eigenvalue weighted by molar-refractivity contribution is 5.94. The molecule has 0 heterocycles. The molecule has 252 valence electrons. The van der Waals surface area contributed by atoms with Crippen molar-refractivity contribution in [2.24, 2.45) is 34.5 Å². The van der Waals surface area contributed by atoms with Crippen LogP contribution >= 0.6 is 0 Å². The third-order valence-electron chi connectivity index (χ3n) is 13.0. The molecule has 1 unspecified atom stereocenters. The van der Waals surface area contributed by atoms with Gasteiger partial charge in [-0.15, -0.1) is 0 Å². The van der Waals surface area contributed by atoms with Crippen molar-refractivity contribution in [3.8, 4) is 0 Å². The predicted octanol–water partition coefficient (Wildman–Crippen LogP) is 5.23. The van der Waals surface area contributed by atoms with Crippen molar-refractivity contribution in [2.45, 2.75) is 95.8 Å². The quantitative estimate of drug-likeness (QED) is 0.353. The number of rotatable bonds is 5. The molecule has 0 aliphatic heterocycles. The smallest absolute Gasteiger partial charge is 0.251 e. The van der Waals surface area contributed by atoms with E-state index in [-0.39, 0.29) is 59.2 Å². The van der Waals surface area contributed by atoms with Crippen LogP contribution in [-0.4, -0.2) is 57.1 Å². The fraction of sp³-hybridized carbons (Fsp3) is 0.564. The van der Waals surface area contributed by atoms with Gasteiger partial charge in [0.2, 0.25) is 0 Å². The van der Waals surface area contributed by atoms with Crippen LogP contribution in [-0.2, 0) is 22.4 Å². The van der Waals surface area contributed by atoms with Crippen molar-refractivity contribution in [3.05, 3.63) is 77.1 Å². The number of benzene rings is 2. The molecule has 5 aliphatic carbocycles. The first-order valence-electron chi connectivity index (χ1n) is 17.2. The molecule has 0 saturated heterocycles. The van der Waals surface area contributed by atoms with Crippen LogP contribution in [0.25, 0.3) is 6.08 Å². The zero-order valence-electron chi connectivity index (χ0n) is 27.5. The van der Waals surface area contributed by atoms with Crippen LogP contribution < -0.4 is 5.32 Å². The van der Waals surface area contributed by atoms with Gasteiger partial charge in [0.25, 0.3) is 5.91 Å². The molecule has 2 aromatic carbocycles. The minimum absolute atomic E-state index is 0.0154. The number of nitrogens with one attached hydrogen (secondary N) is 1. The van der Waals surface area contributed by atoms with Gasteiger partial charge in [0.15, 0.2) is 5.78 Å². The molecule has 4 fully saturated rings. The molecule has 4 N–H and O–H groups in total. The zero-order chi connectivity index (χ0) is 33.7. The molecular weight excluding hydrogens is 597 g/mol. The van der Waals surface area contributed by atoms with E-state index in [1.54, 1.807) is 0 Å². The van der Waals surface area contributed by atoms with Crippen LogP contribution in [0.1, 0.15) is 92.3 Å². The van der Waals surface area contributed by atoms with Crippen LogP contribution in [0.2, 0.25) is 0 Å². The van der Waals surface area contributed by atoms with E-state index in [1.807, 2.05) is 25.1 Å². The van der Waals surface area contributed by atoms with Gasteiger partial charge in [-0.3, -0.25) is 14.4 Å². The summed E-state index contributed by atoms with van der Waals surface area (Å²) in [6, 6.07) is 11.8. The lowest BCUT2D eigenvalue weighted by atomic mass is 9.44. The number of hydrogen-bond acceptors (Lipinski definition) is 6.